The van der Waals surface area contributed by atoms with Gasteiger partial charge in [-0.3, -0.25) is 9.59 Å². The quantitative estimate of drug-likeness (QED) is 0.761. The normalized spacial score (nSPS) is 18.6. The lowest BCUT2D eigenvalue weighted by Crippen LogP contribution is -2.50. The average Bonchev–Trinajstić information content (AvgIpc) is 2.42. The summed E-state index contributed by atoms with van der Waals surface area (Å²) in [6.07, 6.45) is 1.59. The third-order valence-corrected chi connectivity index (χ3v) is 3.13. The molecule has 0 radical (unpaired) electrons. The third-order valence-electron chi connectivity index (χ3n) is 3.13. The predicted molar refractivity (Wildman–Crippen MR) is 74.1 cm³/mol. The number of carbonyl (C=O) groups is 2. The minimum Gasteiger partial charge on any atom is -0.385 e. The number of para-hydroxylation sites is 1. The van der Waals surface area contributed by atoms with Crippen LogP contribution in [-0.4, -0.2) is 30.9 Å². The van der Waals surface area contributed by atoms with E-state index < -0.39 is 6.04 Å². The number of hydrogen-bond acceptors (Lipinski definition) is 3. The van der Waals surface area contributed by atoms with E-state index in [-0.39, 0.29) is 11.8 Å². The molecule has 0 aliphatic carbocycles. The van der Waals surface area contributed by atoms with E-state index in [1.54, 1.807) is 6.07 Å². The lowest BCUT2D eigenvalue weighted by atomic mass is 10.1. The molecule has 1 aliphatic rings. The van der Waals surface area contributed by atoms with Crippen molar-refractivity contribution in [3.63, 3.8) is 0 Å². The summed E-state index contributed by atoms with van der Waals surface area (Å²) in [4.78, 5) is 23.9. The molecule has 1 unspecified atom stereocenters. The number of anilines is 1. The van der Waals surface area contributed by atoms with Gasteiger partial charge in [0.1, 0.15) is 6.04 Å². The minimum atomic E-state index is -0.420. The molecule has 102 valence electrons. The Hall–Kier alpha value is -2.04. The van der Waals surface area contributed by atoms with Crippen molar-refractivity contribution >= 4 is 17.5 Å². The van der Waals surface area contributed by atoms with Crippen molar-refractivity contribution in [1.29, 1.82) is 0 Å². The van der Waals surface area contributed by atoms with Gasteiger partial charge >= 0.3 is 0 Å². The maximum Gasteiger partial charge on any atom is 0.254 e. The molecule has 19 heavy (non-hydrogen) atoms. The summed E-state index contributed by atoms with van der Waals surface area (Å²) in [5.41, 5.74) is 1.36. The Balaban J connectivity index is 2.09. The van der Waals surface area contributed by atoms with Crippen LogP contribution < -0.4 is 16.0 Å². The Kier molecular flexibility index (Phi) is 4.39. The fourth-order valence-electron chi connectivity index (χ4n) is 2.17. The highest BCUT2D eigenvalue weighted by atomic mass is 16.2. The first-order valence-corrected chi connectivity index (χ1v) is 6.64. The van der Waals surface area contributed by atoms with Crippen LogP contribution in [0.5, 0.6) is 0 Å². The van der Waals surface area contributed by atoms with Crippen LogP contribution in [-0.2, 0) is 4.79 Å². The van der Waals surface area contributed by atoms with Crippen molar-refractivity contribution in [3.05, 3.63) is 29.8 Å². The lowest BCUT2D eigenvalue weighted by Gasteiger charge is -2.23. The van der Waals surface area contributed by atoms with Gasteiger partial charge in [0.2, 0.25) is 5.91 Å². The van der Waals surface area contributed by atoms with Crippen molar-refractivity contribution in [2.75, 3.05) is 18.4 Å². The number of benzene rings is 1. The van der Waals surface area contributed by atoms with Crippen molar-refractivity contribution in [2.45, 2.75) is 25.8 Å². The van der Waals surface area contributed by atoms with E-state index >= 15 is 0 Å². The summed E-state index contributed by atoms with van der Waals surface area (Å²) in [5, 5.41) is 8.70. The zero-order chi connectivity index (χ0) is 13.7. The van der Waals surface area contributed by atoms with Crippen LogP contribution in [0.1, 0.15) is 30.1 Å². The van der Waals surface area contributed by atoms with Crippen LogP contribution in [0.15, 0.2) is 24.3 Å². The van der Waals surface area contributed by atoms with Crippen LogP contribution in [0.2, 0.25) is 0 Å². The molecule has 1 heterocycles. The molecule has 1 saturated heterocycles. The van der Waals surface area contributed by atoms with Crippen molar-refractivity contribution < 1.29 is 9.59 Å². The minimum absolute atomic E-state index is 0.0967. The molecule has 5 heteroatoms. The summed E-state index contributed by atoms with van der Waals surface area (Å²) in [6.45, 7) is 3.41. The molecule has 0 aromatic heterocycles. The SMILES string of the molecule is CCNc1ccccc1C(=O)NC1CCCNC1=O. The summed E-state index contributed by atoms with van der Waals surface area (Å²) in [7, 11) is 0. The number of piperidine rings is 1. The van der Waals surface area contributed by atoms with Crippen molar-refractivity contribution in [2.24, 2.45) is 0 Å². The van der Waals surface area contributed by atoms with Crippen molar-refractivity contribution in [1.82, 2.24) is 10.6 Å². The second-order valence-electron chi connectivity index (χ2n) is 4.54. The van der Waals surface area contributed by atoms with Crippen LogP contribution in [0.25, 0.3) is 0 Å². The molecule has 2 rings (SSSR count). The summed E-state index contributed by atoms with van der Waals surface area (Å²) < 4.78 is 0. The fourth-order valence-corrected chi connectivity index (χ4v) is 2.17. The fraction of sp³-hybridized carbons (Fsp3) is 0.429. The van der Waals surface area contributed by atoms with E-state index in [1.807, 2.05) is 25.1 Å². The first-order chi connectivity index (χ1) is 9.22. The Morgan fingerprint density at radius 1 is 1.42 bits per heavy atom. The van der Waals surface area contributed by atoms with Crippen LogP contribution in [0, 0.1) is 0 Å². The topological polar surface area (TPSA) is 70.2 Å². The maximum absolute atomic E-state index is 12.2. The molecule has 1 aromatic rings. The Morgan fingerprint density at radius 2 is 2.21 bits per heavy atom. The average molecular weight is 261 g/mol. The van der Waals surface area contributed by atoms with Gasteiger partial charge in [-0.1, -0.05) is 12.1 Å². The van der Waals surface area contributed by atoms with E-state index in [9.17, 15) is 9.59 Å². The molecule has 1 atom stereocenters. The molecule has 1 fully saturated rings. The second-order valence-corrected chi connectivity index (χ2v) is 4.54. The molecule has 0 spiro atoms. The molecule has 0 bridgehead atoms. The van der Waals surface area contributed by atoms with Gasteiger partial charge < -0.3 is 16.0 Å². The molecule has 2 amide bonds. The van der Waals surface area contributed by atoms with E-state index in [0.717, 1.165) is 18.7 Å². The van der Waals surface area contributed by atoms with Gasteiger partial charge in [0, 0.05) is 18.8 Å². The van der Waals surface area contributed by atoms with Gasteiger partial charge in [-0.05, 0) is 31.9 Å². The van der Waals surface area contributed by atoms with Gasteiger partial charge in [0.15, 0.2) is 0 Å². The second kappa shape index (κ2) is 6.22. The standard InChI is InChI=1S/C14H19N3O2/c1-2-15-11-7-4-3-6-10(11)13(18)17-12-8-5-9-16-14(12)19/h3-4,6-7,12,15H,2,5,8-9H2,1H3,(H,16,19)(H,17,18). The van der Waals surface area contributed by atoms with E-state index in [2.05, 4.69) is 16.0 Å². The number of rotatable bonds is 4. The van der Waals surface area contributed by atoms with Crippen LogP contribution in [0.4, 0.5) is 5.69 Å². The predicted octanol–water partition coefficient (Wildman–Crippen LogP) is 1.13. The monoisotopic (exact) mass is 261 g/mol. The molecular formula is C14H19N3O2. The lowest BCUT2D eigenvalue weighted by molar-refractivity contribution is -0.124. The van der Waals surface area contributed by atoms with E-state index in [1.165, 1.54) is 0 Å². The Morgan fingerprint density at radius 3 is 2.95 bits per heavy atom. The highest BCUT2D eigenvalue weighted by molar-refractivity contribution is 6.01. The van der Waals surface area contributed by atoms with E-state index in [0.29, 0.717) is 18.5 Å². The first-order valence-electron chi connectivity index (χ1n) is 6.64. The van der Waals surface area contributed by atoms with Gasteiger partial charge in [-0.15, -0.1) is 0 Å². The zero-order valence-corrected chi connectivity index (χ0v) is 11.0. The van der Waals surface area contributed by atoms with Gasteiger partial charge in [0.05, 0.1) is 5.56 Å². The number of amides is 2. The molecule has 1 aromatic carbocycles. The molecule has 1 aliphatic heterocycles. The summed E-state index contributed by atoms with van der Waals surface area (Å²) in [6, 6.07) is 6.89. The number of carbonyl (C=O) groups excluding carboxylic acids is 2. The highest BCUT2D eigenvalue weighted by Gasteiger charge is 2.24. The van der Waals surface area contributed by atoms with Gasteiger partial charge in [0.25, 0.3) is 5.91 Å². The summed E-state index contributed by atoms with van der Waals surface area (Å²) >= 11 is 0. The molecule has 3 N–H and O–H groups in total. The van der Waals surface area contributed by atoms with Crippen molar-refractivity contribution in [3.8, 4) is 0 Å². The van der Waals surface area contributed by atoms with Gasteiger partial charge in [-0.25, -0.2) is 0 Å². The summed E-state index contributed by atoms with van der Waals surface area (Å²) in [5.74, 6) is -0.306. The Bertz CT molecular complexity index is 474. The molecular weight excluding hydrogens is 242 g/mol. The third kappa shape index (κ3) is 3.24. The van der Waals surface area contributed by atoms with Crippen LogP contribution >= 0.6 is 0 Å². The zero-order valence-electron chi connectivity index (χ0n) is 11.0. The maximum atomic E-state index is 12.2. The first kappa shape index (κ1) is 13.4. The van der Waals surface area contributed by atoms with E-state index in [4.69, 9.17) is 0 Å². The molecule has 0 saturated carbocycles. The largest absolute Gasteiger partial charge is 0.385 e. The molecule has 5 nitrogen and oxygen atoms in total. The smallest absolute Gasteiger partial charge is 0.254 e. The Labute approximate surface area is 112 Å². The van der Waals surface area contributed by atoms with Crippen LogP contribution in [0.3, 0.4) is 0 Å². The number of hydrogen-bond donors (Lipinski definition) is 3. The highest BCUT2D eigenvalue weighted by Crippen LogP contribution is 2.15. The number of nitrogens with one attached hydrogen (secondary N) is 3. The van der Waals surface area contributed by atoms with Gasteiger partial charge in [-0.2, -0.15) is 0 Å².